The zero-order valence-corrected chi connectivity index (χ0v) is 33.3. The largest absolute Gasteiger partial charge is 0.467 e. The van der Waals surface area contributed by atoms with Gasteiger partial charge >= 0.3 is 12.0 Å². The van der Waals surface area contributed by atoms with Crippen molar-refractivity contribution >= 4 is 29.7 Å². The standard InChI is InChI=1S/C39H64N6O8/c1-10-26(4)34(43(6)37(48)33(25(2)3)42-39(50)44-21-18-40-19-22-44)31(51-7)24-32(46)45-20-14-17-30(45)35(52-8)27(5)36(47)41-29(38(49)53-9)23-28-15-12-11-13-16-28/h11-13,15-16,25-27,29-31,33-35,40H,10,14,17-24H2,1-9H3,(H,41,47)(H,42,50)/t26-,27+,29-,30-,31+,33-,34-,35+/m0/s1. The molecule has 2 fully saturated rings. The molecule has 0 bridgehead atoms. The van der Waals surface area contributed by atoms with Crippen LogP contribution in [0.3, 0.4) is 0 Å². The third kappa shape index (κ3) is 11.6. The molecule has 2 aliphatic rings. The Labute approximate surface area is 316 Å². The van der Waals surface area contributed by atoms with Crippen molar-refractivity contribution in [3.05, 3.63) is 35.9 Å². The monoisotopic (exact) mass is 744 g/mol. The van der Waals surface area contributed by atoms with Gasteiger partial charge in [-0.1, -0.05) is 71.4 Å². The van der Waals surface area contributed by atoms with Gasteiger partial charge in [0.05, 0.1) is 43.7 Å². The van der Waals surface area contributed by atoms with E-state index in [0.29, 0.717) is 39.1 Å². The predicted molar refractivity (Wildman–Crippen MR) is 202 cm³/mol. The van der Waals surface area contributed by atoms with E-state index in [-0.39, 0.29) is 54.5 Å². The molecule has 298 valence electrons. The van der Waals surface area contributed by atoms with Crippen molar-refractivity contribution in [2.24, 2.45) is 17.8 Å². The molecule has 2 heterocycles. The summed E-state index contributed by atoms with van der Waals surface area (Å²) in [6, 6.07) is 6.63. The summed E-state index contributed by atoms with van der Waals surface area (Å²) >= 11 is 0. The Hall–Kier alpha value is -3.75. The van der Waals surface area contributed by atoms with Crippen LogP contribution in [-0.2, 0) is 39.8 Å². The SMILES string of the molecule is CC[C@H](C)[C@@H]([C@@H](CC(=O)N1CCC[C@H]1[C@H](OC)[C@@H](C)C(=O)N[C@@H](Cc1ccccc1)C(=O)OC)OC)N(C)C(=O)[C@@H](NC(=O)N1CCNCC1)C(C)C. The van der Waals surface area contributed by atoms with Crippen molar-refractivity contribution in [1.82, 2.24) is 30.7 Å². The van der Waals surface area contributed by atoms with Crippen molar-refractivity contribution in [2.75, 3.05) is 61.1 Å². The second-order valence-electron chi connectivity index (χ2n) is 14.8. The number of nitrogens with zero attached hydrogens (tertiary/aromatic N) is 3. The average Bonchev–Trinajstić information content (AvgIpc) is 3.66. The molecular weight excluding hydrogens is 680 g/mol. The summed E-state index contributed by atoms with van der Waals surface area (Å²) in [7, 11) is 6.09. The molecule has 0 radical (unpaired) electrons. The maximum atomic E-state index is 14.2. The first kappa shape index (κ1) is 43.7. The van der Waals surface area contributed by atoms with Gasteiger partial charge < -0.3 is 44.9 Å². The number of carbonyl (C=O) groups is 5. The number of benzene rings is 1. The van der Waals surface area contributed by atoms with Gasteiger partial charge in [0.1, 0.15) is 12.1 Å². The molecule has 14 nitrogen and oxygen atoms in total. The molecule has 0 aromatic heterocycles. The average molecular weight is 745 g/mol. The molecule has 14 heteroatoms. The molecule has 3 N–H and O–H groups in total. The van der Waals surface area contributed by atoms with Gasteiger partial charge in [0.2, 0.25) is 17.7 Å². The molecule has 1 aromatic rings. The van der Waals surface area contributed by atoms with Gasteiger partial charge in [-0.05, 0) is 30.2 Å². The molecule has 8 atom stereocenters. The van der Waals surface area contributed by atoms with Gasteiger partial charge in [-0.3, -0.25) is 14.4 Å². The molecule has 53 heavy (non-hydrogen) atoms. The Kier molecular flexibility index (Phi) is 17.5. The van der Waals surface area contributed by atoms with Crippen molar-refractivity contribution in [3.63, 3.8) is 0 Å². The number of methoxy groups -OCH3 is 3. The van der Waals surface area contributed by atoms with Gasteiger partial charge in [0, 0.05) is 60.4 Å². The first-order valence-corrected chi connectivity index (χ1v) is 19.1. The number of carbonyl (C=O) groups excluding carboxylic acids is 5. The minimum Gasteiger partial charge on any atom is -0.467 e. The fraction of sp³-hybridized carbons (Fsp3) is 0.718. The maximum absolute atomic E-state index is 14.2. The molecular formula is C39H64N6O8. The molecule has 2 aliphatic heterocycles. The summed E-state index contributed by atoms with van der Waals surface area (Å²) < 4.78 is 16.9. The van der Waals surface area contributed by atoms with Crippen molar-refractivity contribution in [2.45, 2.75) is 103 Å². The number of likely N-dealkylation sites (tertiary alicyclic amines) is 1. The van der Waals surface area contributed by atoms with Crippen LogP contribution in [0.4, 0.5) is 4.79 Å². The predicted octanol–water partition coefficient (Wildman–Crippen LogP) is 2.45. The summed E-state index contributed by atoms with van der Waals surface area (Å²) in [5, 5.41) is 9.07. The molecule has 0 spiro atoms. The van der Waals surface area contributed by atoms with Gasteiger partial charge in [-0.25, -0.2) is 9.59 Å². The van der Waals surface area contributed by atoms with Crippen LogP contribution >= 0.6 is 0 Å². The van der Waals surface area contributed by atoms with E-state index in [1.807, 2.05) is 58.0 Å². The van der Waals surface area contributed by atoms with Crippen LogP contribution in [-0.4, -0.2) is 142 Å². The lowest BCUT2D eigenvalue weighted by Gasteiger charge is -2.41. The number of ether oxygens (including phenoxy) is 3. The fourth-order valence-electron chi connectivity index (χ4n) is 7.62. The highest BCUT2D eigenvalue weighted by Gasteiger charge is 2.43. The summed E-state index contributed by atoms with van der Waals surface area (Å²) in [5.74, 6) is -2.21. The Bertz CT molecular complexity index is 1340. The van der Waals surface area contributed by atoms with E-state index in [1.54, 1.807) is 35.8 Å². The number of amides is 5. The minimum atomic E-state index is -0.887. The van der Waals surface area contributed by atoms with E-state index in [2.05, 4.69) is 16.0 Å². The lowest BCUT2D eigenvalue weighted by atomic mass is 9.89. The summed E-state index contributed by atoms with van der Waals surface area (Å²) in [4.78, 5) is 72.9. The highest BCUT2D eigenvalue weighted by molar-refractivity contribution is 5.88. The van der Waals surface area contributed by atoms with Crippen LogP contribution in [0.25, 0.3) is 0 Å². The van der Waals surface area contributed by atoms with Gasteiger partial charge in [-0.15, -0.1) is 0 Å². The second-order valence-corrected chi connectivity index (χ2v) is 14.8. The molecule has 5 amide bonds. The van der Waals surface area contributed by atoms with Gasteiger partial charge in [-0.2, -0.15) is 0 Å². The Balaban J connectivity index is 1.75. The number of likely N-dealkylation sites (N-methyl/N-ethyl adjacent to an activating group) is 1. The third-order valence-electron chi connectivity index (χ3n) is 11.0. The van der Waals surface area contributed by atoms with E-state index < -0.39 is 42.2 Å². The molecule has 3 rings (SSSR count). The third-order valence-corrected chi connectivity index (χ3v) is 11.0. The Morgan fingerprint density at radius 2 is 1.60 bits per heavy atom. The highest BCUT2D eigenvalue weighted by Crippen LogP contribution is 2.30. The summed E-state index contributed by atoms with van der Waals surface area (Å²) in [6.07, 6.45) is 1.11. The molecule has 2 saturated heterocycles. The van der Waals surface area contributed by atoms with E-state index in [4.69, 9.17) is 14.2 Å². The minimum absolute atomic E-state index is 0.0115. The van der Waals surface area contributed by atoms with Crippen LogP contribution in [0, 0.1) is 17.8 Å². The van der Waals surface area contributed by atoms with E-state index in [9.17, 15) is 24.0 Å². The van der Waals surface area contributed by atoms with Crippen LogP contribution in [0.15, 0.2) is 30.3 Å². The Morgan fingerprint density at radius 3 is 2.17 bits per heavy atom. The van der Waals surface area contributed by atoms with E-state index in [0.717, 1.165) is 18.4 Å². The zero-order valence-electron chi connectivity index (χ0n) is 33.3. The van der Waals surface area contributed by atoms with Crippen LogP contribution in [0.5, 0.6) is 0 Å². The summed E-state index contributed by atoms with van der Waals surface area (Å²) in [6.45, 7) is 12.7. The van der Waals surface area contributed by atoms with Crippen molar-refractivity contribution in [1.29, 1.82) is 0 Å². The normalized spacial score (nSPS) is 20.1. The number of rotatable bonds is 18. The highest BCUT2D eigenvalue weighted by atomic mass is 16.5. The smallest absolute Gasteiger partial charge is 0.328 e. The summed E-state index contributed by atoms with van der Waals surface area (Å²) in [5.41, 5.74) is 0.877. The number of nitrogens with one attached hydrogen (secondary N) is 3. The number of hydrogen-bond acceptors (Lipinski definition) is 9. The molecule has 1 aromatic carbocycles. The maximum Gasteiger partial charge on any atom is 0.328 e. The quantitative estimate of drug-likeness (QED) is 0.192. The van der Waals surface area contributed by atoms with Crippen LogP contribution in [0.1, 0.15) is 65.9 Å². The lowest BCUT2D eigenvalue weighted by Crippen LogP contribution is -2.60. The van der Waals surface area contributed by atoms with Crippen molar-refractivity contribution in [3.8, 4) is 0 Å². The molecule has 0 aliphatic carbocycles. The topological polar surface area (TPSA) is 159 Å². The van der Waals surface area contributed by atoms with Gasteiger partial charge in [0.25, 0.3) is 0 Å². The van der Waals surface area contributed by atoms with E-state index in [1.165, 1.54) is 14.2 Å². The zero-order chi connectivity index (χ0) is 39.2. The molecule has 0 unspecified atom stereocenters. The van der Waals surface area contributed by atoms with Crippen molar-refractivity contribution < 1.29 is 38.2 Å². The van der Waals surface area contributed by atoms with Crippen LogP contribution < -0.4 is 16.0 Å². The first-order valence-electron chi connectivity index (χ1n) is 19.1. The number of esters is 1. The fourth-order valence-corrected chi connectivity index (χ4v) is 7.62. The van der Waals surface area contributed by atoms with Crippen LogP contribution in [0.2, 0.25) is 0 Å². The number of hydrogen-bond donors (Lipinski definition) is 3. The Morgan fingerprint density at radius 1 is 0.943 bits per heavy atom. The molecule has 0 saturated carbocycles. The number of urea groups is 1. The number of piperazine rings is 1. The second kappa shape index (κ2) is 21.2. The van der Waals surface area contributed by atoms with E-state index >= 15 is 0 Å². The lowest BCUT2D eigenvalue weighted by molar-refractivity contribution is -0.148. The van der Waals surface area contributed by atoms with Gasteiger partial charge in [0.15, 0.2) is 0 Å². The first-order chi connectivity index (χ1) is 25.3.